The summed E-state index contributed by atoms with van der Waals surface area (Å²) >= 11 is 0. The number of likely N-dealkylation sites (tertiary alicyclic amines) is 2. The molecule has 0 spiro atoms. The topological polar surface area (TPSA) is 24.9 Å². The standard InChI is InChI=1S/C24H38N2O2/c1-27-23-9-14-25(15-10-23)13-4-16-28-24-8-7-21-17-20(5-6-22(21)18-24)19-26-11-2-3-12-26/h7-8,18,20,23H,2-6,9-17,19H2,1H3. The average Bonchev–Trinajstić information content (AvgIpc) is 3.25. The van der Waals surface area contributed by atoms with E-state index < -0.39 is 0 Å². The van der Waals surface area contributed by atoms with Crippen LogP contribution in [-0.4, -0.2) is 68.9 Å². The summed E-state index contributed by atoms with van der Waals surface area (Å²) in [6.07, 6.45) is 10.5. The van der Waals surface area contributed by atoms with Crippen molar-refractivity contribution in [2.45, 2.75) is 57.5 Å². The van der Waals surface area contributed by atoms with Gasteiger partial charge in [-0.3, -0.25) is 0 Å². The molecule has 2 aliphatic heterocycles. The van der Waals surface area contributed by atoms with E-state index in [1.807, 2.05) is 7.11 Å². The number of piperidine rings is 1. The molecular formula is C24H38N2O2. The molecule has 1 aromatic carbocycles. The lowest BCUT2D eigenvalue weighted by molar-refractivity contribution is 0.0398. The molecular weight excluding hydrogens is 348 g/mol. The summed E-state index contributed by atoms with van der Waals surface area (Å²) in [7, 11) is 1.83. The maximum atomic E-state index is 6.08. The fraction of sp³-hybridized carbons (Fsp3) is 0.750. The Labute approximate surface area is 171 Å². The molecule has 0 N–H and O–H groups in total. The highest BCUT2D eigenvalue weighted by molar-refractivity contribution is 5.37. The Morgan fingerprint density at radius 1 is 0.964 bits per heavy atom. The van der Waals surface area contributed by atoms with Gasteiger partial charge in [-0.1, -0.05) is 6.07 Å². The van der Waals surface area contributed by atoms with Crippen molar-refractivity contribution in [2.75, 3.05) is 53.0 Å². The molecule has 1 aliphatic carbocycles. The van der Waals surface area contributed by atoms with Gasteiger partial charge in [-0.15, -0.1) is 0 Å². The molecule has 4 nitrogen and oxygen atoms in total. The van der Waals surface area contributed by atoms with Gasteiger partial charge < -0.3 is 19.3 Å². The van der Waals surface area contributed by atoms with Crippen LogP contribution in [0.1, 0.15) is 49.7 Å². The molecule has 2 fully saturated rings. The van der Waals surface area contributed by atoms with Crippen molar-refractivity contribution in [1.29, 1.82) is 0 Å². The second-order valence-electron chi connectivity index (χ2n) is 9.03. The zero-order valence-corrected chi connectivity index (χ0v) is 17.7. The van der Waals surface area contributed by atoms with Crippen LogP contribution in [0.5, 0.6) is 5.75 Å². The molecule has 28 heavy (non-hydrogen) atoms. The van der Waals surface area contributed by atoms with Crippen molar-refractivity contribution in [3.8, 4) is 5.75 Å². The van der Waals surface area contributed by atoms with Crippen molar-refractivity contribution in [3.05, 3.63) is 29.3 Å². The van der Waals surface area contributed by atoms with Crippen LogP contribution in [0.3, 0.4) is 0 Å². The number of methoxy groups -OCH3 is 1. The zero-order chi connectivity index (χ0) is 19.2. The van der Waals surface area contributed by atoms with Crippen molar-refractivity contribution in [1.82, 2.24) is 9.80 Å². The molecule has 2 heterocycles. The van der Waals surface area contributed by atoms with E-state index in [1.165, 1.54) is 70.1 Å². The number of nitrogens with zero attached hydrogens (tertiary/aromatic N) is 2. The Morgan fingerprint density at radius 3 is 2.57 bits per heavy atom. The van der Waals surface area contributed by atoms with Gasteiger partial charge in [-0.25, -0.2) is 0 Å². The van der Waals surface area contributed by atoms with Crippen LogP contribution in [-0.2, 0) is 17.6 Å². The van der Waals surface area contributed by atoms with E-state index in [0.717, 1.165) is 44.3 Å². The molecule has 0 aromatic heterocycles. The Kier molecular flexibility index (Phi) is 7.27. The molecule has 1 aromatic rings. The van der Waals surface area contributed by atoms with E-state index in [1.54, 1.807) is 5.56 Å². The molecule has 1 atom stereocenters. The highest BCUT2D eigenvalue weighted by Crippen LogP contribution is 2.30. The third-order valence-corrected chi connectivity index (χ3v) is 6.98. The molecule has 0 bridgehead atoms. The quantitative estimate of drug-likeness (QED) is 0.635. The normalized spacial score (nSPS) is 24.4. The molecule has 4 heteroatoms. The van der Waals surface area contributed by atoms with Crippen LogP contribution >= 0.6 is 0 Å². The summed E-state index contributed by atoms with van der Waals surface area (Å²) in [5.41, 5.74) is 3.08. The van der Waals surface area contributed by atoms with Gasteiger partial charge in [0.1, 0.15) is 5.75 Å². The predicted octanol–water partition coefficient (Wildman–Crippen LogP) is 3.77. The van der Waals surface area contributed by atoms with Gasteiger partial charge in [0.05, 0.1) is 12.7 Å². The maximum absolute atomic E-state index is 6.08. The van der Waals surface area contributed by atoms with E-state index in [-0.39, 0.29) is 0 Å². The van der Waals surface area contributed by atoms with Crippen LogP contribution in [0, 0.1) is 5.92 Å². The van der Waals surface area contributed by atoms with E-state index >= 15 is 0 Å². The zero-order valence-electron chi connectivity index (χ0n) is 17.7. The molecule has 3 aliphatic rings. The highest BCUT2D eigenvalue weighted by Gasteiger charge is 2.23. The third kappa shape index (κ3) is 5.49. The van der Waals surface area contributed by atoms with E-state index in [0.29, 0.717) is 6.10 Å². The second kappa shape index (κ2) is 10.1. The number of ether oxygens (including phenoxy) is 2. The number of hydrogen-bond acceptors (Lipinski definition) is 4. The first-order valence-corrected chi connectivity index (χ1v) is 11.5. The number of benzene rings is 1. The van der Waals surface area contributed by atoms with Gasteiger partial charge in [0.2, 0.25) is 0 Å². The third-order valence-electron chi connectivity index (χ3n) is 6.98. The van der Waals surface area contributed by atoms with Gasteiger partial charge in [-0.2, -0.15) is 0 Å². The lowest BCUT2D eigenvalue weighted by atomic mass is 9.83. The first-order chi connectivity index (χ1) is 13.8. The Morgan fingerprint density at radius 2 is 1.79 bits per heavy atom. The minimum Gasteiger partial charge on any atom is -0.494 e. The summed E-state index contributed by atoms with van der Waals surface area (Å²) < 4.78 is 11.5. The van der Waals surface area contributed by atoms with Gasteiger partial charge in [-0.05, 0) is 93.6 Å². The lowest BCUT2D eigenvalue weighted by Crippen LogP contribution is -2.37. The number of rotatable bonds is 8. The highest BCUT2D eigenvalue weighted by atomic mass is 16.5. The minimum atomic E-state index is 0.470. The molecule has 1 unspecified atom stereocenters. The van der Waals surface area contributed by atoms with Crippen LogP contribution in [0.2, 0.25) is 0 Å². The predicted molar refractivity (Wildman–Crippen MR) is 114 cm³/mol. The van der Waals surface area contributed by atoms with Crippen molar-refractivity contribution >= 4 is 0 Å². The summed E-state index contributed by atoms with van der Waals surface area (Å²) in [6.45, 7) is 8.23. The molecule has 156 valence electrons. The summed E-state index contributed by atoms with van der Waals surface area (Å²) in [4.78, 5) is 5.22. The van der Waals surface area contributed by atoms with Gasteiger partial charge in [0.15, 0.2) is 0 Å². The van der Waals surface area contributed by atoms with Gasteiger partial charge in [0, 0.05) is 33.3 Å². The maximum Gasteiger partial charge on any atom is 0.119 e. The van der Waals surface area contributed by atoms with Crippen LogP contribution in [0.4, 0.5) is 0 Å². The smallest absolute Gasteiger partial charge is 0.119 e. The summed E-state index contributed by atoms with van der Waals surface area (Å²) in [5.74, 6) is 1.91. The van der Waals surface area contributed by atoms with Gasteiger partial charge >= 0.3 is 0 Å². The van der Waals surface area contributed by atoms with Crippen molar-refractivity contribution < 1.29 is 9.47 Å². The molecule has 0 amide bonds. The van der Waals surface area contributed by atoms with Crippen LogP contribution in [0.15, 0.2) is 18.2 Å². The van der Waals surface area contributed by atoms with Crippen molar-refractivity contribution in [3.63, 3.8) is 0 Å². The Bertz CT molecular complexity index is 607. The fourth-order valence-corrected chi connectivity index (χ4v) is 5.23. The van der Waals surface area contributed by atoms with E-state index in [4.69, 9.17) is 9.47 Å². The number of aryl methyl sites for hydroxylation is 1. The van der Waals surface area contributed by atoms with Gasteiger partial charge in [0.25, 0.3) is 0 Å². The summed E-state index contributed by atoms with van der Waals surface area (Å²) in [5, 5.41) is 0. The Balaban J connectivity index is 1.17. The molecule has 0 radical (unpaired) electrons. The summed E-state index contributed by atoms with van der Waals surface area (Å²) in [6, 6.07) is 6.84. The monoisotopic (exact) mass is 386 g/mol. The first kappa shape index (κ1) is 20.2. The Hall–Kier alpha value is -1.10. The minimum absolute atomic E-state index is 0.470. The van der Waals surface area contributed by atoms with E-state index in [2.05, 4.69) is 28.0 Å². The SMILES string of the molecule is COC1CCN(CCCOc2ccc3c(c2)CCC(CN2CCCC2)C3)CC1. The first-order valence-electron chi connectivity index (χ1n) is 11.5. The molecule has 4 rings (SSSR count). The van der Waals surface area contributed by atoms with Crippen LogP contribution < -0.4 is 4.74 Å². The molecule has 2 saturated heterocycles. The van der Waals surface area contributed by atoms with Crippen LogP contribution in [0.25, 0.3) is 0 Å². The average molecular weight is 387 g/mol. The second-order valence-corrected chi connectivity index (χ2v) is 9.03. The largest absolute Gasteiger partial charge is 0.494 e. The lowest BCUT2D eigenvalue weighted by Gasteiger charge is -2.31. The molecule has 0 saturated carbocycles. The van der Waals surface area contributed by atoms with Crippen molar-refractivity contribution in [2.24, 2.45) is 5.92 Å². The number of fused-ring (bicyclic) bond motifs is 1. The van der Waals surface area contributed by atoms with E-state index in [9.17, 15) is 0 Å². The fourth-order valence-electron chi connectivity index (χ4n) is 5.23. The number of hydrogen-bond donors (Lipinski definition) is 0.